The lowest BCUT2D eigenvalue weighted by Crippen LogP contribution is -1.98. The molecular weight excluding hydrogens is 224 g/mol. The van der Waals surface area contributed by atoms with Crippen LogP contribution in [0.25, 0.3) is 0 Å². The molecule has 1 heterocycles. The summed E-state index contributed by atoms with van der Waals surface area (Å²) in [4.78, 5) is 10.5. The van der Waals surface area contributed by atoms with Crippen molar-refractivity contribution in [2.45, 2.75) is 12.3 Å². The van der Waals surface area contributed by atoms with Gasteiger partial charge in [0, 0.05) is 5.92 Å². The predicted octanol–water partition coefficient (Wildman–Crippen LogP) is 2.23. The third-order valence-corrected chi connectivity index (χ3v) is 2.49. The number of aliphatic carboxylic acids is 1. The van der Waals surface area contributed by atoms with Crippen LogP contribution in [0.15, 0.2) is 21.2 Å². The lowest BCUT2D eigenvalue weighted by atomic mass is 10.2. The van der Waals surface area contributed by atoms with E-state index in [9.17, 15) is 4.79 Å². The van der Waals surface area contributed by atoms with Crippen molar-refractivity contribution in [1.29, 1.82) is 0 Å². The fraction of sp³-hybridized carbons (Fsp3) is 0.375. The Bertz CT molecular complexity index is 318. The largest absolute Gasteiger partial charge is 0.481 e. The average Bonchev–Trinajstić information content (AvgIpc) is 2.70. The Labute approximate surface area is 77.5 Å². The Hall–Kier alpha value is -0.770. The maximum absolute atomic E-state index is 10.5. The number of hydrogen-bond acceptors (Lipinski definition) is 2. The number of carbonyl (C=O) groups is 1. The highest BCUT2D eigenvalue weighted by Gasteiger charge is 2.46. The van der Waals surface area contributed by atoms with Gasteiger partial charge in [-0.3, -0.25) is 4.79 Å². The second-order valence-corrected chi connectivity index (χ2v) is 3.71. The highest BCUT2D eigenvalue weighted by Crippen LogP contribution is 2.48. The van der Waals surface area contributed by atoms with Crippen molar-refractivity contribution in [2.24, 2.45) is 5.92 Å². The van der Waals surface area contributed by atoms with E-state index in [2.05, 4.69) is 15.9 Å². The van der Waals surface area contributed by atoms with E-state index in [1.165, 1.54) is 0 Å². The molecule has 0 saturated heterocycles. The minimum absolute atomic E-state index is 0.0915. The molecule has 1 fully saturated rings. The van der Waals surface area contributed by atoms with Crippen LogP contribution in [0.3, 0.4) is 0 Å². The lowest BCUT2D eigenvalue weighted by molar-refractivity contribution is -0.138. The summed E-state index contributed by atoms with van der Waals surface area (Å²) in [5.41, 5.74) is 0. The van der Waals surface area contributed by atoms with E-state index in [1.54, 1.807) is 6.07 Å². The number of hydrogen-bond donors (Lipinski definition) is 1. The number of carboxylic acid groups (broad SMARTS) is 1. The molecule has 12 heavy (non-hydrogen) atoms. The summed E-state index contributed by atoms with van der Waals surface area (Å²) in [7, 11) is 0. The van der Waals surface area contributed by atoms with Crippen LogP contribution in [0.5, 0.6) is 0 Å². The molecule has 1 N–H and O–H groups in total. The van der Waals surface area contributed by atoms with Gasteiger partial charge in [0.2, 0.25) is 0 Å². The van der Waals surface area contributed by atoms with Crippen LogP contribution >= 0.6 is 15.9 Å². The van der Waals surface area contributed by atoms with Crippen LogP contribution in [0.4, 0.5) is 0 Å². The summed E-state index contributed by atoms with van der Waals surface area (Å²) in [6.07, 6.45) is 0.704. The topological polar surface area (TPSA) is 50.4 Å². The quantitative estimate of drug-likeness (QED) is 0.848. The number of rotatable bonds is 2. The van der Waals surface area contributed by atoms with Gasteiger partial charge in [0.25, 0.3) is 0 Å². The van der Waals surface area contributed by atoms with Crippen LogP contribution in [0.1, 0.15) is 18.1 Å². The van der Waals surface area contributed by atoms with E-state index >= 15 is 0 Å². The monoisotopic (exact) mass is 230 g/mol. The second-order valence-electron chi connectivity index (χ2n) is 2.93. The van der Waals surface area contributed by atoms with Crippen LogP contribution in [-0.4, -0.2) is 11.1 Å². The fourth-order valence-corrected chi connectivity index (χ4v) is 1.63. The van der Waals surface area contributed by atoms with E-state index in [1.807, 2.05) is 6.07 Å². The SMILES string of the molecule is O=C(O)C1CC1c1ccc(Br)o1. The molecule has 1 aliphatic carbocycles. The molecule has 3 nitrogen and oxygen atoms in total. The molecular formula is C8H7BrO3. The molecule has 0 radical (unpaired) electrons. The molecule has 0 bridgehead atoms. The molecule has 4 heteroatoms. The molecule has 2 rings (SSSR count). The summed E-state index contributed by atoms with van der Waals surface area (Å²) < 4.78 is 5.90. The van der Waals surface area contributed by atoms with Crippen molar-refractivity contribution in [3.63, 3.8) is 0 Å². The van der Waals surface area contributed by atoms with E-state index < -0.39 is 5.97 Å². The standard InChI is InChI=1S/C8H7BrO3/c9-7-2-1-6(12-7)4-3-5(4)8(10)11/h1-2,4-5H,3H2,(H,10,11). The Morgan fingerprint density at radius 2 is 2.42 bits per heavy atom. The van der Waals surface area contributed by atoms with Crippen molar-refractivity contribution in [3.8, 4) is 0 Å². The van der Waals surface area contributed by atoms with Gasteiger partial charge in [-0.05, 0) is 34.5 Å². The van der Waals surface area contributed by atoms with Gasteiger partial charge in [-0.25, -0.2) is 0 Å². The molecule has 2 unspecified atom stereocenters. The van der Waals surface area contributed by atoms with Gasteiger partial charge in [-0.2, -0.15) is 0 Å². The summed E-state index contributed by atoms with van der Waals surface area (Å²) >= 11 is 3.17. The van der Waals surface area contributed by atoms with E-state index in [0.29, 0.717) is 11.1 Å². The Morgan fingerprint density at radius 3 is 2.83 bits per heavy atom. The van der Waals surface area contributed by atoms with Gasteiger partial charge < -0.3 is 9.52 Å². The van der Waals surface area contributed by atoms with Crippen LogP contribution in [0, 0.1) is 5.92 Å². The zero-order valence-electron chi connectivity index (χ0n) is 6.16. The zero-order valence-corrected chi connectivity index (χ0v) is 7.74. The highest BCUT2D eigenvalue weighted by atomic mass is 79.9. The summed E-state index contributed by atoms with van der Waals surface area (Å²) in [6.45, 7) is 0. The first-order valence-electron chi connectivity index (χ1n) is 3.66. The summed E-state index contributed by atoms with van der Waals surface area (Å²) in [6, 6.07) is 3.60. The number of halogens is 1. The first kappa shape index (κ1) is 7.86. The molecule has 64 valence electrons. The maximum atomic E-state index is 10.5. The highest BCUT2D eigenvalue weighted by molar-refractivity contribution is 9.10. The Balaban J connectivity index is 2.10. The Kier molecular flexibility index (Phi) is 1.72. The minimum Gasteiger partial charge on any atom is -0.481 e. The molecule has 1 saturated carbocycles. The average molecular weight is 231 g/mol. The van der Waals surface area contributed by atoms with Gasteiger partial charge >= 0.3 is 5.97 Å². The number of furan rings is 1. The molecule has 0 aliphatic heterocycles. The molecule has 2 atom stereocenters. The van der Waals surface area contributed by atoms with Gasteiger partial charge in [0.1, 0.15) is 5.76 Å². The third-order valence-electron chi connectivity index (χ3n) is 2.07. The smallest absolute Gasteiger partial charge is 0.307 e. The van der Waals surface area contributed by atoms with Crippen molar-refractivity contribution in [2.75, 3.05) is 0 Å². The molecule has 1 aromatic rings. The third kappa shape index (κ3) is 1.27. The first-order chi connectivity index (χ1) is 5.68. The van der Waals surface area contributed by atoms with Crippen molar-refractivity contribution >= 4 is 21.9 Å². The lowest BCUT2D eigenvalue weighted by Gasteiger charge is -1.89. The van der Waals surface area contributed by atoms with Crippen LogP contribution in [0.2, 0.25) is 0 Å². The van der Waals surface area contributed by atoms with Crippen LogP contribution in [-0.2, 0) is 4.79 Å². The molecule has 1 aliphatic rings. The number of carboxylic acids is 1. The molecule has 0 aromatic carbocycles. The van der Waals surface area contributed by atoms with Crippen molar-refractivity contribution in [1.82, 2.24) is 0 Å². The first-order valence-corrected chi connectivity index (χ1v) is 4.46. The molecule has 1 aromatic heterocycles. The molecule has 0 spiro atoms. The fourth-order valence-electron chi connectivity index (χ4n) is 1.31. The van der Waals surface area contributed by atoms with Gasteiger partial charge in [0.15, 0.2) is 4.67 Å². The van der Waals surface area contributed by atoms with Gasteiger partial charge in [-0.1, -0.05) is 0 Å². The normalized spacial score (nSPS) is 27.1. The minimum atomic E-state index is -0.729. The van der Waals surface area contributed by atoms with Gasteiger partial charge in [0.05, 0.1) is 5.92 Å². The summed E-state index contributed by atoms with van der Waals surface area (Å²) in [5.74, 6) is -0.0985. The van der Waals surface area contributed by atoms with E-state index in [0.717, 1.165) is 5.76 Å². The molecule has 0 amide bonds. The van der Waals surface area contributed by atoms with Crippen molar-refractivity contribution < 1.29 is 14.3 Å². The second kappa shape index (κ2) is 2.62. The summed E-state index contributed by atoms with van der Waals surface area (Å²) in [5, 5.41) is 8.64. The maximum Gasteiger partial charge on any atom is 0.307 e. The van der Waals surface area contributed by atoms with Crippen LogP contribution < -0.4 is 0 Å². The van der Waals surface area contributed by atoms with Crippen molar-refractivity contribution in [3.05, 3.63) is 22.6 Å². The van der Waals surface area contributed by atoms with E-state index in [-0.39, 0.29) is 11.8 Å². The zero-order chi connectivity index (χ0) is 8.72. The van der Waals surface area contributed by atoms with Gasteiger partial charge in [-0.15, -0.1) is 0 Å². The predicted molar refractivity (Wildman–Crippen MR) is 44.9 cm³/mol. The Morgan fingerprint density at radius 1 is 1.67 bits per heavy atom. The van der Waals surface area contributed by atoms with E-state index in [4.69, 9.17) is 9.52 Å².